The Labute approximate surface area is 191 Å². The van der Waals surface area contributed by atoms with E-state index in [0.29, 0.717) is 17.7 Å². The van der Waals surface area contributed by atoms with Crippen molar-refractivity contribution in [1.29, 1.82) is 0 Å². The van der Waals surface area contributed by atoms with Gasteiger partial charge in [0.25, 0.3) is 0 Å². The Hall–Kier alpha value is -1.70. The number of alkyl halides is 1. The van der Waals surface area contributed by atoms with E-state index in [0.717, 1.165) is 41.2 Å². The van der Waals surface area contributed by atoms with Gasteiger partial charge < -0.3 is 4.90 Å². The minimum atomic E-state index is -3.29. The summed E-state index contributed by atoms with van der Waals surface area (Å²) in [4.78, 5) is 7.48. The van der Waals surface area contributed by atoms with E-state index in [9.17, 15) is 8.42 Å². The maximum absolute atomic E-state index is 13.0. The number of aromatic nitrogens is 1. The lowest BCUT2D eigenvalue weighted by atomic mass is 10.1. The van der Waals surface area contributed by atoms with Crippen molar-refractivity contribution in [3.63, 3.8) is 0 Å². The van der Waals surface area contributed by atoms with Gasteiger partial charge in [-0.2, -0.15) is 0 Å². The molecule has 4 nitrogen and oxygen atoms in total. The van der Waals surface area contributed by atoms with Crippen molar-refractivity contribution in [2.75, 3.05) is 18.0 Å². The van der Waals surface area contributed by atoms with E-state index in [2.05, 4.69) is 57.4 Å². The molecule has 158 valence electrons. The number of sulfone groups is 1. The molecule has 1 aliphatic heterocycles. The first-order chi connectivity index (χ1) is 14.5. The zero-order valence-corrected chi connectivity index (χ0v) is 20.1. The SMILES string of the molecule is Cc1ccccc1Cc1csc(N2CCC(S(=O)(=O)c3ccc(CBr)cc3)CC2)n1. The van der Waals surface area contributed by atoms with E-state index in [-0.39, 0.29) is 5.25 Å². The predicted molar refractivity (Wildman–Crippen MR) is 128 cm³/mol. The first kappa shape index (κ1) is 21.5. The summed E-state index contributed by atoms with van der Waals surface area (Å²) in [5, 5.41) is 3.52. The highest BCUT2D eigenvalue weighted by molar-refractivity contribution is 9.08. The van der Waals surface area contributed by atoms with Gasteiger partial charge in [-0.25, -0.2) is 13.4 Å². The molecular formula is C23H25BrN2O2S2. The van der Waals surface area contributed by atoms with Crippen molar-refractivity contribution in [3.05, 3.63) is 76.3 Å². The van der Waals surface area contributed by atoms with Gasteiger partial charge in [0.15, 0.2) is 15.0 Å². The van der Waals surface area contributed by atoms with Crippen LogP contribution in [-0.2, 0) is 21.6 Å². The van der Waals surface area contributed by atoms with Crippen LogP contribution in [0.2, 0.25) is 0 Å². The Morgan fingerprint density at radius 1 is 1.10 bits per heavy atom. The molecule has 1 fully saturated rings. The maximum Gasteiger partial charge on any atom is 0.185 e. The molecule has 0 atom stereocenters. The fraction of sp³-hybridized carbons (Fsp3) is 0.348. The van der Waals surface area contributed by atoms with E-state index >= 15 is 0 Å². The highest BCUT2D eigenvalue weighted by Crippen LogP contribution is 2.30. The van der Waals surface area contributed by atoms with Crippen LogP contribution in [0.3, 0.4) is 0 Å². The van der Waals surface area contributed by atoms with Crippen LogP contribution in [0.4, 0.5) is 5.13 Å². The lowest BCUT2D eigenvalue weighted by Crippen LogP contribution is -2.39. The summed E-state index contributed by atoms with van der Waals surface area (Å²) < 4.78 is 26.1. The number of piperidine rings is 1. The fourth-order valence-electron chi connectivity index (χ4n) is 3.84. The monoisotopic (exact) mass is 504 g/mol. The second kappa shape index (κ2) is 9.20. The van der Waals surface area contributed by atoms with Gasteiger partial charge in [-0.3, -0.25) is 0 Å². The largest absolute Gasteiger partial charge is 0.348 e. The zero-order chi connectivity index (χ0) is 21.1. The van der Waals surface area contributed by atoms with E-state index in [1.807, 2.05) is 12.1 Å². The second-order valence-corrected chi connectivity index (χ2v) is 11.4. The number of hydrogen-bond acceptors (Lipinski definition) is 5. The van der Waals surface area contributed by atoms with Crippen LogP contribution in [0, 0.1) is 6.92 Å². The molecule has 1 aliphatic rings. The number of benzene rings is 2. The number of nitrogens with zero attached hydrogens (tertiary/aromatic N) is 2. The van der Waals surface area contributed by atoms with Gasteiger partial charge in [0.05, 0.1) is 15.8 Å². The number of hydrogen-bond donors (Lipinski definition) is 0. The van der Waals surface area contributed by atoms with Crippen LogP contribution in [-0.4, -0.2) is 31.7 Å². The standard InChI is InChI=1S/C23H25BrN2O2S2/c1-17-4-2-3-5-19(17)14-20-16-29-23(25-20)26-12-10-22(11-13-26)30(27,28)21-8-6-18(15-24)7-9-21/h2-9,16,22H,10-15H2,1H3. The van der Waals surface area contributed by atoms with Crippen molar-refractivity contribution >= 4 is 42.2 Å². The van der Waals surface area contributed by atoms with Gasteiger partial charge in [-0.15, -0.1) is 11.3 Å². The minimum absolute atomic E-state index is 0.324. The molecule has 3 aromatic rings. The van der Waals surface area contributed by atoms with Crippen molar-refractivity contribution in [2.45, 2.75) is 41.7 Å². The van der Waals surface area contributed by atoms with Crippen LogP contribution in [0.15, 0.2) is 58.8 Å². The van der Waals surface area contributed by atoms with Gasteiger partial charge in [0.1, 0.15) is 0 Å². The molecule has 0 spiro atoms. The minimum Gasteiger partial charge on any atom is -0.348 e. The van der Waals surface area contributed by atoms with Crippen molar-refractivity contribution in [1.82, 2.24) is 4.98 Å². The maximum atomic E-state index is 13.0. The molecule has 1 aromatic heterocycles. The molecule has 1 saturated heterocycles. The van der Waals surface area contributed by atoms with Crippen LogP contribution in [0.5, 0.6) is 0 Å². The number of halogens is 1. The van der Waals surface area contributed by atoms with E-state index in [1.165, 1.54) is 11.1 Å². The molecule has 0 saturated carbocycles. The normalized spacial score (nSPS) is 15.5. The van der Waals surface area contributed by atoms with E-state index < -0.39 is 9.84 Å². The van der Waals surface area contributed by atoms with Crippen LogP contribution in [0.25, 0.3) is 0 Å². The fourth-order valence-corrected chi connectivity index (χ4v) is 6.83. The quantitative estimate of drug-likeness (QED) is 0.422. The molecular weight excluding hydrogens is 480 g/mol. The first-order valence-corrected chi connectivity index (χ1v) is 13.6. The predicted octanol–water partition coefficient (Wildman–Crippen LogP) is 5.38. The van der Waals surface area contributed by atoms with Gasteiger partial charge in [0, 0.05) is 30.2 Å². The van der Waals surface area contributed by atoms with E-state index in [4.69, 9.17) is 4.98 Å². The summed E-state index contributed by atoms with van der Waals surface area (Å²) in [6.07, 6.45) is 2.10. The topological polar surface area (TPSA) is 50.3 Å². The lowest BCUT2D eigenvalue weighted by Gasteiger charge is -2.31. The molecule has 0 bridgehead atoms. The summed E-state index contributed by atoms with van der Waals surface area (Å²) in [6.45, 7) is 3.57. The number of aryl methyl sites for hydroxylation is 1. The molecule has 2 heterocycles. The summed E-state index contributed by atoms with van der Waals surface area (Å²) in [5.74, 6) is 0. The molecule has 2 aromatic carbocycles. The molecule has 7 heteroatoms. The van der Waals surface area contributed by atoms with Crippen molar-refractivity contribution in [3.8, 4) is 0 Å². The van der Waals surface area contributed by atoms with Crippen molar-refractivity contribution < 1.29 is 8.42 Å². The van der Waals surface area contributed by atoms with Crippen molar-refractivity contribution in [2.24, 2.45) is 0 Å². The average molecular weight is 506 g/mol. The molecule has 0 N–H and O–H groups in total. The molecule has 0 unspecified atom stereocenters. The second-order valence-electron chi connectivity index (χ2n) is 7.73. The Balaban J connectivity index is 1.40. The summed E-state index contributed by atoms with van der Waals surface area (Å²) in [7, 11) is -3.29. The third kappa shape index (κ3) is 4.63. The van der Waals surface area contributed by atoms with Crippen LogP contribution < -0.4 is 4.90 Å². The van der Waals surface area contributed by atoms with E-state index in [1.54, 1.807) is 23.5 Å². The zero-order valence-electron chi connectivity index (χ0n) is 16.9. The molecule has 0 radical (unpaired) electrons. The highest BCUT2D eigenvalue weighted by atomic mass is 79.9. The van der Waals surface area contributed by atoms with Gasteiger partial charge in [0.2, 0.25) is 0 Å². The molecule has 0 amide bonds. The third-order valence-corrected chi connectivity index (χ3v) is 9.61. The van der Waals surface area contributed by atoms with Gasteiger partial charge >= 0.3 is 0 Å². The Bertz CT molecular complexity index is 1100. The van der Waals surface area contributed by atoms with Gasteiger partial charge in [-0.05, 0) is 48.6 Å². The number of thiazole rings is 1. The highest BCUT2D eigenvalue weighted by Gasteiger charge is 2.32. The third-order valence-electron chi connectivity index (χ3n) is 5.73. The first-order valence-electron chi connectivity index (χ1n) is 10.1. The number of anilines is 1. The van der Waals surface area contributed by atoms with Gasteiger partial charge in [-0.1, -0.05) is 52.3 Å². The van der Waals surface area contributed by atoms with Crippen LogP contribution in [0.1, 0.15) is 35.2 Å². The molecule has 0 aliphatic carbocycles. The summed E-state index contributed by atoms with van der Waals surface area (Å²) in [5.41, 5.74) is 4.73. The average Bonchev–Trinajstić information content (AvgIpc) is 3.24. The van der Waals surface area contributed by atoms with Crippen LogP contribution >= 0.6 is 27.3 Å². The Kier molecular flexibility index (Phi) is 6.60. The summed E-state index contributed by atoms with van der Waals surface area (Å²) >= 11 is 5.05. The Morgan fingerprint density at radius 2 is 1.80 bits per heavy atom. The molecule has 4 rings (SSSR count). The number of rotatable bonds is 6. The smallest absolute Gasteiger partial charge is 0.185 e. The Morgan fingerprint density at radius 3 is 2.47 bits per heavy atom. The lowest BCUT2D eigenvalue weighted by molar-refractivity contribution is 0.529. The summed E-state index contributed by atoms with van der Waals surface area (Å²) in [6, 6.07) is 15.6. The molecule has 30 heavy (non-hydrogen) atoms.